The van der Waals surface area contributed by atoms with Crippen LogP contribution in [0.25, 0.3) is 43.7 Å². The molecule has 5 aromatic rings. The van der Waals surface area contributed by atoms with Crippen molar-refractivity contribution in [1.29, 1.82) is 0 Å². The van der Waals surface area contributed by atoms with Crippen LogP contribution in [0.5, 0.6) is 0 Å². The Morgan fingerprint density at radius 3 is 2.46 bits per heavy atom. The SMILES string of the molecule is CC1CCCN(CCCNc2cc3oc4cc(C(C)(C)C)ccc4[nH]c3c3c(=O)c4ccccc4c(=O)c23)C1. The summed E-state index contributed by atoms with van der Waals surface area (Å²) < 4.78 is 6.43. The number of rotatable bonds is 5. The van der Waals surface area contributed by atoms with Gasteiger partial charge in [0.05, 0.1) is 21.8 Å². The highest BCUT2D eigenvalue weighted by atomic mass is 16.3. The van der Waals surface area contributed by atoms with E-state index in [1.807, 2.05) is 18.2 Å². The maximum absolute atomic E-state index is 13.9. The monoisotopic (exact) mass is 523 g/mol. The van der Waals surface area contributed by atoms with Crippen LogP contribution in [-0.2, 0) is 5.41 Å². The van der Waals surface area contributed by atoms with Crippen LogP contribution in [0.2, 0.25) is 0 Å². The highest BCUT2D eigenvalue weighted by molar-refractivity contribution is 6.14. The topological polar surface area (TPSA) is 78.3 Å². The Bertz CT molecular complexity index is 1830. The lowest BCUT2D eigenvalue weighted by Gasteiger charge is -2.30. The maximum Gasteiger partial charge on any atom is 0.196 e. The molecule has 0 bridgehead atoms. The summed E-state index contributed by atoms with van der Waals surface area (Å²) in [5, 5.41) is 5.20. The number of hydrogen-bond donors (Lipinski definition) is 2. The molecule has 0 aliphatic carbocycles. The van der Waals surface area contributed by atoms with Gasteiger partial charge in [0.1, 0.15) is 0 Å². The molecule has 1 aliphatic heterocycles. The maximum atomic E-state index is 13.9. The van der Waals surface area contributed by atoms with Crippen molar-refractivity contribution < 1.29 is 4.42 Å². The van der Waals surface area contributed by atoms with E-state index in [1.54, 1.807) is 18.2 Å². The van der Waals surface area contributed by atoms with E-state index in [-0.39, 0.29) is 16.3 Å². The zero-order chi connectivity index (χ0) is 27.3. The summed E-state index contributed by atoms with van der Waals surface area (Å²) >= 11 is 0. The molecular weight excluding hydrogens is 486 g/mol. The number of hydrogen-bond acceptors (Lipinski definition) is 5. The molecule has 1 fully saturated rings. The zero-order valence-electron chi connectivity index (χ0n) is 23.3. The molecule has 1 aromatic heterocycles. The molecule has 6 nitrogen and oxygen atoms in total. The second-order valence-electron chi connectivity index (χ2n) is 12.3. The normalized spacial score (nSPS) is 17.0. The summed E-state index contributed by atoms with van der Waals surface area (Å²) in [6, 6.07) is 15.1. The van der Waals surface area contributed by atoms with Gasteiger partial charge >= 0.3 is 0 Å². The average Bonchev–Trinajstić information content (AvgIpc) is 2.91. The molecule has 0 radical (unpaired) electrons. The van der Waals surface area contributed by atoms with Crippen LogP contribution in [0.1, 0.15) is 52.5 Å². The Morgan fingerprint density at radius 2 is 1.74 bits per heavy atom. The number of benzene rings is 4. The number of aromatic nitrogens is 1. The van der Waals surface area contributed by atoms with Crippen molar-refractivity contribution in [3.63, 3.8) is 0 Å². The summed E-state index contributed by atoms with van der Waals surface area (Å²) in [5.74, 6) is 0.745. The Morgan fingerprint density at radius 1 is 1.00 bits per heavy atom. The van der Waals surface area contributed by atoms with Gasteiger partial charge in [0, 0.05) is 35.6 Å². The minimum Gasteiger partial charge on any atom is -0.453 e. The summed E-state index contributed by atoms with van der Waals surface area (Å²) in [7, 11) is 0. The lowest BCUT2D eigenvalue weighted by molar-refractivity contribution is 0.183. The minimum atomic E-state index is -0.159. The van der Waals surface area contributed by atoms with Gasteiger partial charge in [-0.05, 0) is 61.4 Å². The largest absolute Gasteiger partial charge is 0.453 e. The molecule has 39 heavy (non-hydrogen) atoms. The van der Waals surface area contributed by atoms with E-state index in [4.69, 9.17) is 4.42 Å². The summed E-state index contributed by atoms with van der Waals surface area (Å²) in [6.45, 7) is 12.8. The van der Waals surface area contributed by atoms with Crippen molar-refractivity contribution in [2.75, 3.05) is 31.5 Å². The molecule has 0 saturated carbocycles. The van der Waals surface area contributed by atoms with Gasteiger partial charge in [-0.2, -0.15) is 0 Å². The molecule has 2 heterocycles. The predicted octanol–water partition coefficient (Wildman–Crippen LogP) is 6.77. The number of aromatic amines is 1. The molecule has 2 N–H and O–H groups in total. The van der Waals surface area contributed by atoms with E-state index in [1.165, 1.54) is 12.8 Å². The lowest BCUT2D eigenvalue weighted by Crippen LogP contribution is -2.35. The quantitative estimate of drug-likeness (QED) is 0.151. The Labute approximate surface area is 228 Å². The van der Waals surface area contributed by atoms with Crippen molar-refractivity contribution in [2.24, 2.45) is 5.92 Å². The molecule has 4 aromatic carbocycles. The fourth-order valence-electron chi connectivity index (χ4n) is 6.06. The van der Waals surface area contributed by atoms with Gasteiger partial charge in [-0.1, -0.05) is 58.0 Å². The van der Waals surface area contributed by atoms with E-state index in [0.717, 1.165) is 48.6 Å². The van der Waals surface area contributed by atoms with Crippen LogP contribution in [0.15, 0.2) is 62.5 Å². The number of piperidine rings is 1. The van der Waals surface area contributed by atoms with Crippen molar-refractivity contribution in [2.45, 2.75) is 52.4 Å². The Hall–Kier alpha value is -3.64. The smallest absolute Gasteiger partial charge is 0.196 e. The number of likely N-dealkylation sites (tertiary alicyclic amines) is 1. The van der Waals surface area contributed by atoms with E-state index in [2.05, 4.69) is 55.0 Å². The first-order valence-corrected chi connectivity index (χ1v) is 14.2. The Kier molecular flexibility index (Phi) is 6.46. The van der Waals surface area contributed by atoms with Crippen molar-refractivity contribution in [3.8, 4) is 0 Å². The second kappa shape index (κ2) is 9.83. The van der Waals surface area contributed by atoms with Crippen molar-refractivity contribution >= 4 is 49.4 Å². The first kappa shape index (κ1) is 25.6. The third-order valence-corrected chi connectivity index (χ3v) is 8.20. The van der Waals surface area contributed by atoms with Gasteiger partial charge < -0.3 is 19.6 Å². The van der Waals surface area contributed by atoms with Crippen LogP contribution < -0.4 is 16.2 Å². The molecule has 0 spiro atoms. The Balaban J connectivity index is 1.49. The van der Waals surface area contributed by atoms with Gasteiger partial charge in [-0.25, -0.2) is 0 Å². The van der Waals surface area contributed by atoms with Gasteiger partial charge in [0.2, 0.25) is 0 Å². The van der Waals surface area contributed by atoms with Crippen LogP contribution in [-0.4, -0.2) is 36.1 Å². The van der Waals surface area contributed by atoms with Crippen LogP contribution in [0.3, 0.4) is 0 Å². The highest BCUT2D eigenvalue weighted by Gasteiger charge is 2.21. The molecule has 0 amide bonds. The van der Waals surface area contributed by atoms with Crippen LogP contribution >= 0.6 is 0 Å². The second-order valence-corrected chi connectivity index (χ2v) is 12.3. The third-order valence-electron chi connectivity index (χ3n) is 8.20. The molecule has 1 saturated heterocycles. The molecule has 6 heteroatoms. The molecule has 6 rings (SSSR count). The molecule has 1 aliphatic rings. The highest BCUT2D eigenvalue weighted by Crippen LogP contribution is 2.33. The van der Waals surface area contributed by atoms with E-state index >= 15 is 0 Å². The number of H-pyrrole nitrogens is 1. The van der Waals surface area contributed by atoms with E-state index in [9.17, 15) is 9.59 Å². The number of nitrogens with zero attached hydrogens (tertiary/aromatic N) is 1. The molecule has 202 valence electrons. The first-order valence-electron chi connectivity index (χ1n) is 14.2. The first-order chi connectivity index (χ1) is 18.7. The molecule has 1 unspecified atom stereocenters. The summed E-state index contributed by atoms with van der Waals surface area (Å²) in [5.41, 5.74) is 4.11. The third kappa shape index (κ3) is 4.71. The number of fused-ring (bicyclic) bond motifs is 5. The van der Waals surface area contributed by atoms with Crippen LogP contribution in [0.4, 0.5) is 5.69 Å². The summed E-state index contributed by atoms with van der Waals surface area (Å²) in [4.78, 5) is 33.6. The van der Waals surface area contributed by atoms with Gasteiger partial charge in [0.15, 0.2) is 22.0 Å². The fourth-order valence-corrected chi connectivity index (χ4v) is 6.06. The number of anilines is 1. The van der Waals surface area contributed by atoms with E-state index < -0.39 is 0 Å². The zero-order valence-corrected chi connectivity index (χ0v) is 23.3. The standard InChI is InChI=1S/C33H37N3O3/c1-20-9-7-15-36(19-20)16-8-14-34-25-18-27-30(35-24-13-12-21(33(2,3)4)17-26(24)39-27)29-28(25)31(37)22-10-5-6-11-23(22)32(29)38/h5-6,10-13,17-18,20,34-35H,7-9,14-16,19H2,1-4H3. The molecule has 1 atom stereocenters. The number of nitrogens with one attached hydrogen (secondary N) is 2. The van der Waals surface area contributed by atoms with Crippen LogP contribution in [0, 0.1) is 5.92 Å². The molecular formula is C33H37N3O3. The van der Waals surface area contributed by atoms with Crippen molar-refractivity contribution in [3.05, 3.63) is 74.5 Å². The van der Waals surface area contributed by atoms with E-state index in [0.29, 0.717) is 44.9 Å². The van der Waals surface area contributed by atoms with Gasteiger partial charge in [0.25, 0.3) is 0 Å². The summed E-state index contributed by atoms with van der Waals surface area (Å²) in [6.07, 6.45) is 3.52. The lowest BCUT2D eigenvalue weighted by atomic mass is 9.87. The minimum absolute atomic E-state index is 0.0283. The predicted molar refractivity (Wildman–Crippen MR) is 162 cm³/mol. The fraction of sp³-hybridized carbons (Fsp3) is 0.394. The van der Waals surface area contributed by atoms with Gasteiger partial charge in [-0.15, -0.1) is 0 Å². The average molecular weight is 524 g/mol. The van der Waals surface area contributed by atoms with Gasteiger partial charge in [-0.3, -0.25) is 9.59 Å². The van der Waals surface area contributed by atoms with Crippen molar-refractivity contribution in [1.82, 2.24) is 9.88 Å².